The first-order chi connectivity index (χ1) is 9.60. The molecule has 5 nitrogen and oxygen atoms in total. The molecule has 0 amide bonds. The Morgan fingerprint density at radius 1 is 1.30 bits per heavy atom. The quantitative estimate of drug-likeness (QED) is 0.739. The third kappa shape index (κ3) is 3.06. The van der Waals surface area contributed by atoms with Gasteiger partial charge < -0.3 is 16.2 Å². The normalized spacial score (nSPS) is 9.75. The van der Waals surface area contributed by atoms with Crippen molar-refractivity contribution in [1.29, 1.82) is 5.26 Å². The summed E-state index contributed by atoms with van der Waals surface area (Å²) in [5, 5.41) is 20.9. The number of anilines is 2. The van der Waals surface area contributed by atoms with Crippen LogP contribution in [-0.2, 0) is 6.54 Å². The first kappa shape index (κ1) is 13.4. The summed E-state index contributed by atoms with van der Waals surface area (Å²) in [4.78, 5) is 10.9. The Labute approximate surface area is 116 Å². The molecule has 0 spiro atoms. The van der Waals surface area contributed by atoms with Gasteiger partial charge >= 0.3 is 5.97 Å². The molecule has 2 aromatic carbocycles. The smallest absolute Gasteiger partial charge is 0.337 e. The van der Waals surface area contributed by atoms with E-state index < -0.39 is 5.97 Å². The predicted molar refractivity (Wildman–Crippen MR) is 76.3 cm³/mol. The lowest BCUT2D eigenvalue weighted by atomic mass is 10.1. The molecule has 100 valence electrons. The standard InChI is InChI=1S/C15H13N3O2/c16-8-10-2-1-3-11(6-10)9-18-12-4-5-13(15(19)20)14(17)7-12/h1-7,18H,9,17H2,(H,19,20). The number of aromatic carboxylic acids is 1. The second kappa shape index (κ2) is 5.76. The summed E-state index contributed by atoms with van der Waals surface area (Å²) in [5.41, 5.74) is 8.27. The average Bonchev–Trinajstić information content (AvgIpc) is 2.45. The van der Waals surface area contributed by atoms with Crippen LogP contribution < -0.4 is 11.1 Å². The van der Waals surface area contributed by atoms with Crippen LogP contribution >= 0.6 is 0 Å². The molecule has 0 saturated carbocycles. The van der Waals surface area contributed by atoms with Gasteiger partial charge in [-0.2, -0.15) is 5.26 Å². The molecule has 2 rings (SSSR count). The maximum atomic E-state index is 10.9. The Hall–Kier alpha value is -3.00. The minimum atomic E-state index is -1.05. The molecule has 0 unspecified atom stereocenters. The van der Waals surface area contributed by atoms with Crippen molar-refractivity contribution in [2.24, 2.45) is 0 Å². The van der Waals surface area contributed by atoms with Crippen LogP contribution in [0.2, 0.25) is 0 Å². The molecule has 0 atom stereocenters. The van der Waals surface area contributed by atoms with E-state index in [4.69, 9.17) is 16.1 Å². The number of hydrogen-bond acceptors (Lipinski definition) is 4. The molecular formula is C15H13N3O2. The molecule has 20 heavy (non-hydrogen) atoms. The van der Waals surface area contributed by atoms with Crippen molar-refractivity contribution in [3.05, 3.63) is 59.2 Å². The minimum absolute atomic E-state index is 0.0852. The molecule has 0 fully saturated rings. The van der Waals surface area contributed by atoms with Crippen LogP contribution in [0.25, 0.3) is 0 Å². The Morgan fingerprint density at radius 3 is 2.75 bits per heavy atom. The van der Waals surface area contributed by atoms with E-state index in [-0.39, 0.29) is 11.3 Å². The average molecular weight is 267 g/mol. The molecule has 2 aromatic rings. The van der Waals surface area contributed by atoms with Crippen LogP contribution in [0.3, 0.4) is 0 Å². The van der Waals surface area contributed by atoms with E-state index in [0.29, 0.717) is 12.1 Å². The topological polar surface area (TPSA) is 99.1 Å². The summed E-state index contributed by atoms with van der Waals surface area (Å²) in [7, 11) is 0. The van der Waals surface area contributed by atoms with E-state index in [0.717, 1.165) is 11.3 Å². The fourth-order valence-corrected chi connectivity index (χ4v) is 1.82. The van der Waals surface area contributed by atoms with E-state index in [2.05, 4.69) is 11.4 Å². The fraction of sp³-hybridized carbons (Fsp3) is 0.0667. The van der Waals surface area contributed by atoms with Gasteiger partial charge in [0, 0.05) is 17.9 Å². The van der Waals surface area contributed by atoms with Crippen LogP contribution in [-0.4, -0.2) is 11.1 Å². The lowest BCUT2D eigenvalue weighted by Gasteiger charge is -2.09. The highest BCUT2D eigenvalue weighted by molar-refractivity contribution is 5.94. The van der Waals surface area contributed by atoms with Gasteiger partial charge in [0.1, 0.15) is 0 Å². The fourth-order valence-electron chi connectivity index (χ4n) is 1.82. The van der Waals surface area contributed by atoms with Crippen LogP contribution in [0.4, 0.5) is 11.4 Å². The summed E-state index contributed by atoms with van der Waals surface area (Å²) in [6.07, 6.45) is 0. The number of rotatable bonds is 4. The van der Waals surface area contributed by atoms with Gasteiger partial charge in [0.2, 0.25) is 0 Å². The Bertz CT molecular complexity index is 690. The highest BCUT2D eigenvalue weighted by Crippen LogP contribution is 2.18. The van der Waals surface area contributed by atoms with Gasteiger partial charge in [-0.25, -0.2) is 4.79 Å². The second-order valence-corrected chi connectivity index (χ2v) is 4.27. The largest absolute Gasteiger partial charge is 0.478 e. The van der Waals surface area contributed by atoms with Crippen LogP contribution in [0.1, 0.15) is 21.5 Å². The number of nitrogens with one attached hydrogen (secondary N) is 1. The number of carbonyl (C=O) groups is 1. The number of nitrogens with two attached hydrogens (primary N) is 1. The van der Waals surface area contributed by atoms with E-state index in [1.54, 1.807) is 24.3 Å². The van der Waals surface area contributed by atoms with Gasteiger partial charge in [-0.05, 0) is 35.9 Å². The Balaban J connectivity index is 2.09. The summed E-state index contributed by atoms with van der Waals surface area (Å²) < 4.78 is 0. The van der Waals surface area contributed by atoms with Gasteiger partial charge in [0.25, 0.3) is 0 Å². The van der Waals surface area contributed by atoms with Gasteiger partial charge in [-0.3, -0.25) is 0 Å². The third-order valence-electron chi connectivity index (χ3n) is 2.83. The van der Waals surface area contributed by atoms with Crippen molar-refractivity contribution in [3.8, 4) is 6.07 Å². The number of nitriles is 1. The molecule has 0 saturated heterocycles. The lowest BCUT2D eigenvalue weighted by molar-refractivity contribution is 0.0698. The molecule has 0 radical (unpaired) electrons. The zero-order valence-corrected chi connectivity index (χ0v) is 10.6. The van der Waals surface area contributed by atoms with Crippen molar-refractivity contribution in [1.82, 2.24) is 0 Å². The number of nitrogen functional groups attached to an aromatic ring is 1. The van der Waals surface area contributed by atoms with E-state index in [1.807, 2.05) is 12.1 Å². The van der Waals surface area contributed by atoms with Gasteiger partial charge in [0.15, 0.2) is 0 Å². The summed E-state index contributed by atoms with van der Waals surface area (Å²) in [5.74, 6) is -1.05. The molecule has 5 heteroatoms. The molecule has 0 aliphatic heterocycles. The minimum Gasteiger partial charge on any atom is -0.478 e. The summed E-state index contributed by atoms with van der Waals surface area (Å²) in [6, 6.07) is 14.0. The monoisotopic (exact) mass is 267 g/mol. The van der Waals surface area contributed by atoms with Crippen LogP contribution in [0, 0.1) is 11.3 Å². The number of carboxylic acid groups (broad SMARTS) is 1. The Kier molecular flexibility index (Phi) is 3.87. The van der Waals surface area contributed by atoms with Crippen molar-refractivity contribution < 1.29 is 9.90 Å². The predicted octanol–water partition coefficient (Wildman–Crippen LogP) is 2.45. The molecule has 0 heterocycles. The van der Waals surface area contributed by atoms with Gasteiger partial charge in [0.05, 0.1) is 17.2 Å². The molecule has 0 aliphatic rings. The molecule has 0 bridgehead atoms. The zero-order chi connectivity index (χ0) is 14.5. The summed E-state index contributed by atoms with van der Waals surface area (Å²) in [6.45, 7) is 0.529. The number of carboxylic acids is 1. The first-order valence-electron chi connectivity index (χ1n) is 5.96. The Morgan fingerprint density at radius 2 is 2.10 bits per heavy atom. The van der Waals surface area contributed by atoms with Crippen LogP contribution in [0.5, 0.6) is 0 Å². The maximum absolute atomic E-state index is 10.9. The summed E-state index contributed by atoms with van der Waals surface area (Å²) >= 11 is 0. The second-order valence-electron chi connectivity index (χ2n) is 4.27. The SMILES string of the molecule is N#Cc1cccc(CNc2ccc(C(=O)O)c(N)c2)c1. The highest BCUT2D eigenvalue weighted by Gasteiger charge is 2.07. The van der Waals surface area contributed by atoms with Crippen molar-refractivity contribution in [2.45, 2.75) is 6.54 Å². The highest BCUT2D eigenvalue weighted by atomic mass is 16.4. The van der Waals surface area contributed by atoms with Gasteiger partial charge in [-0.1, -0.05) is 12.1 Å². The van der Waals surface area contributed by atoms with Gasteiger partial charge in [-0.15, -0.1) is 0 Å². The number of hydrogen-bond donors (Lipinski definition) is 3. The molecule has 0 aliphatic carbocycles. The van der Waals surface area contributed by atoms with E-state index >= 15 is 0 Å². The maximum Gasteiger partial charge on any atom is 0.337 e. The van der Waals surface area contributed by atoms with Crippen molar-refractivity contribution in [2.75, 3.05) is 11.1 Å². The van der Waals surface area contributed by atoms with Crippen LogP contribution in [0.15, 0.2) is 42.5 Å². The molecule has 0 aromatic heterocycles. The van der Waals surface area contributed by atoms with E-state index in [1.165, 1.54) is 6.07 Å². The number of benzene rings is 2. The van der Waals surface area contributed by atoms with Crippen molar-refractivity contribution >= 4 is 17.3 Å². The molecule has 4 N–H and O–H groups in total. The number of nitrogens with zero attached hydrogens (tertiary/aromatic N) is 1. The third-order valence-corrected chi connectivity index (χ3v) is 2.83. The lowest BCUT2D eigenvalue weighted by Crippen LogP contribution is -2.04. The first-order valence-corrected chi connectivity index (χ1v) is 5.96. The van der Waals surface area contributed by atoms with Crippen molar-refractivity contribution in [3.63, 3.8) is 0 Å². The zero-order valence-electron chi connectivity index (χ0n) is 10.6. The van der Waals surface area contributed by atoms with E-state index in [9.17, 15) is 4.79 Å². The molecular weight excluding hydrogens is 254 g/mol.